The van der Waals surface area contributed by atoms with E-state index in [0.29, 0.717) is 17.3 Å². The van der Waals surface area contributed by atoms with Crippen molar-refractivity contribution in [3.8, 4) is 28.4 Å². The van der Waals surface area contributed by atoms with Crippen molar-refractivity contribution in [3.05, 3.63) is 89.0 Å². The van der Waals surface area contributed by atoms with Crippen LogP contribution < -0.4 is 19.7 Å². The molecule has 1 saturated carbocycles. The van der Waals surface area contributed by atoms with E-state index in [9.17, 15) is 9.59 Å². The van der Waals surface area contributed by atoms with E-state index in [2.05, 4.69) is 18.3 Å². The van der Waals surface area contributed by atoms with Crippen LogP contribution in [0.1, 0.15) is 40.3 Å². The van der Waals surface area contributed by atoms with Gasteiger partial charge in [0.2, 0.25) is 11.8 Å². The summed E-state index contributed by atoms with van der Waals surface area (Å²) < 4.78 is 13.3. The third kappa shape index (κ3) is 5.36. The van der Waals surface area contributed by atoms with Gasteiger partial charge in [0.1, 0.15) is 23.9 Å². The van der Waals surface area contributed by atoms with Crippen LogP contribution in [0.3, 0.4) is 0 Å². The van der Waals surface area contributed by atoms with E-state index in [4.69, 9.17) is 14.6 Å². The number of rotatable bonds is 8. The van der Waals surface area contributed by atoms with Crippen LogP contribution >= 0.6 is 11.8 Å². The number of nitrogens with one attached hydrogen (secondary N) is 1. The van der Waals surface area contributed by atoms with Crippen molar-refractivity contribution in [3.63, 3.8) is 0 Å². The highest BCUT2D eigenvalue weighted by Crippen LogP contribution is 2.51. The molecule has 0 radical (unpaired) electrons. The first-order valence-electron chi connectivity index (χ1n) is 14.1. The molecule has 216 valence electrons. The molecule has 2 amide bonds. The molecule has 2 aliphatic rings. The van der Waals surface area contributed by atoms with Gasteiger partial charge in [-0.05, 0) is 56.5 Å². The molecule has 42 heavy (non-hydrogen) atoms. The molecule has 1 aliphatic heterocycles. The number of fused-ring (bicyclic) bond motifs is 1. The van der Waals surface area contributed by atoms with Crippen molar-refractivity contribution in [2.24, 2.45) is 0 Å². The summed E-state index contributed by atoms with van der Waals surface area (Å²) in [5.41, 5.74) is 6.38. The second-order valence-corrected chi connectivity index (χ2v) is 11.9. The maximum Gasteiger partial charge on any atom is 0.240 e. The number of aromatic nitrogens is 2. The number of carbonyl (C=O) groups is 2. The summed E-state index contributed by atoms with van der Waals surface area (Å²) in [5.74, 6) is 1.82. The predicted octanol–water partition coefficient (Wildman–Crippen LogP) is 5.62. The van der Waals surface area contributed by atoms with Gasteiger partial charge in [-0.3, -0.25) is 14.5 Å². The highest BCUT2D eigenvalue weighted by Gasteiger charge is 2.39. The molecule has 8 nitrogen and oxygen atoms in total. The van der Waals surface area contributed by atoms with Crippen LogP contribution in [-0.2, 0) is 9.59 Å². The molecule has 6 rings (SSSR count). The molecule has 1 aromatic heterocycles. The number of benzene rings is 3. The minimum absolute atomic E-state index is 0.0876. The molecule has 1 fully saturated rings. The van der Waals surface area contributed by atoms with Crippen LogP contribution in [0.2, 0.25) is 0 Å². The van der Waals surface area contributed by atoms with Gasteiger partial charge in [0.25, 0.3) is 0 Å². The molecule has 0 bridgehead atoms. The number of anilines is 1. The molecule has 1 atom stereocenters. The Morgan fingerprint density at radius 2 is 1.81 bits per heavy atom. The van der Waals surface area contributed by atoms with Crippen molar-refractivity contribution >= 4 is 29.4 Å². The number of ether oxygens (including phenoxy) is 2. The number of thioether (sulfide) groups is 1. The predicted molar refractivity (Wildman–Crippen MR) is 166 cm³/mol. The molecule has 4 aromatic rings. The zero-order valence-electron chi connectivity index (χ0n) is 24.2. The lowest BCUT2D eigenvalue weighted by Crippen LogP contribution is -2.43. The van der Waals surface area contributed by atoms with E-state index in [0.717, 1.165) is 52.0 Å². The Kier molecular flexibility index (Phi) is 7.68. The Morgan fingerprint density at radius 3 is 2.50 bits per heavy atom. The molecule has 1 N–H and O–H groups in total. The van der Waals surface area contributed by atoms with Crippen molar-refractivity contribution in [1.29, 1.82) is 0 Å². The van der Waals surface area contributed by atoms with Gasteiger partial charge in [-0.1, -0.05) is 48.0 Å². The SMILES string of the molecule is COc1ccc(OC)c([C@H]2SCC(=O)N(CC(=O)NC3CC3)c3c2c(-c2ccccc2)nn3-c2ccc(C)cc2C)c1. The number of methoxy groups -OCH3 is 2. The summed E-state index contributed by atoms with van der Waals surface area (Å²) >= 11 is 1.51. The molecular formula is C33H34N4O4S. The van der Waals surface area contributed by atoms with Crippen molar-refractivity contribution in [1.82, 2.24) is 15.1 Å². The van der Waals surface area contributed by atoms with Gasteiger partial charge in [-0.2, -0.15) is 5.10 Å². The Morgan fingerprint density at radius 1 is 1.02 bits per heavy atom. The minimum atomic E-state index is -0.333. The van der Waals surface area contributed by atoms with Gasteiger partial charge in [-0.15, -0.1) is 11.8 Å². The lowest BCUT2D eigenvalue weighted by Gasteiger charge is -2.24. The normalized spacial score (nSPS) is 16.5. The van der Waals surface area contributed by atoms with E-state index in [1.807, 2.05) is 72.3 Å². The third-order valence-corrected chi connectivity index (χ3v) is 8.92. The van der Waals surface area contributed by atoms with Crippen molar-refractivity contribution in [2.45, 2.75) is 38.0 Å². The number of nitrogens with zero attached hydrogens (tertiary/aromatic N) is 3. The number of hydrogen-bond donors (Lipinski definition) is 1. The summed E-state index contributed by atoms with van der Waals surface area (Å²) in [7, 11) is 3.28. The fourth-order valence-electron chi connectivity index (χ4n) is 5.47. The molecular weight excluding hydrogens is 548 g/mol. The fourth-order valence-corrected chi connectivity index (χ4v) is 6.69. The second kappa shape index (κ2) is 11.6. The maximum absolute atomic E-state index is 14.0. The van der Waals surface area contributed by atoms with Crippen LogP contribution in [0.25, 0.3) is 16.9 Å². The Hall–Kier alpha value is -4.24. The zero-order valence-corrected chi connectivity index (χ0v) is 25.0. The highest BCUT2D eigenvalue weighted by molar-refractivity contribution is 8.00. The van der Waals surface area contributed by atoms with Gasteiger partial charge in [0.05, 0.1) is 36.6 Å². The highest BCUT2D eigenvalue weighted by atomic mass is 32.2. The quantitative estimate of drug-likeness (QED) is 0.290. The molecule has 1 aliphatic carbocycles. The summed E-state index contributed by atoms with van der Waals surface area (Å²) in [6, 6.07) is 22.0. The Balaban J connectivity index is 1.65. The van der Waals surface area contributed by atoms with Gasteiger partial charge in [0.15, 0.2) is 0 Å². The lowest BCUT2D eigenvalue weighted by molar-refractivity contribution is -0.123. The van der Waals surface area contributed by atoms with Crippen LogP contribution in [-0.4, -0.2) is 54.2 Å². The maximum atomic E-state index is 14.0. The molecule has 0 saturated heterocycles. The second-order valence-electron chi connectivity index (χ2n) is 10.8. The summed E-state index contributed by atoms with van der Waals surface area (Å²) in [5, 5.41) is 7.94. The van der Waals surface area contributed by atoms with E-state index < -0.39 is 0 Å². The van der Waals surface area contributed by atoms with Crippen molar-refractivity contribution in [2.75, 3.05) is 31.4 Å². The number of carbonyl (C=O) groups excluding carboxylic acids is 2. The molecule has 0 unspecified atom stereocenters. The lowest BCUT2D eigenvalue weighted by atomic mass is 9.98. The Labute approximate surface area is 250 Å². The largest absolute Gasteiger partial charge is 0.497 e. The van der Waals surface area contributed by atoms with Gasteiger partial charge in [0, 0.05) is 22.7 Å². The third-order valence-electron chi connectivity index (χ3n) is 7.68. The number of aryl methyl sites for hydroxylation is 2. The molecule has 3 aromatic carbocycles. The molecule has 2 heterocycles. The summed E-state index contributed by atoms with van der Waals surface area (Å²) in [4.78, 5) is 28.8. The minimum Gasteiger partial charge on any atom is -0.497 e. The topological polar surface area (TPSA) is 85.7 Å². The average molecular weight is 583 g/mol. The van der Waals surface area contributed by atoms with Crippen LogP contribution in [0, 0.1) is 13.8 Å². The molecule has 0 spiro atoms. The van der Waals surface area contributed by atoms with E-state index in [1.54, 1.807) is 19.1 Å². The number of amides is 2. The van der Waals surface area contributed by atoms with Crippen molar-refractivity contribution < 1.29 is 19.1 Å². The standard InChI is InChI=1S/C33H34N4O4S/c1-20-10-14-26(21(2)16-20)37-33-30(31(35-37)22-8-6-5-7-9-22)32(25-17-24(40-3)13-15-27(25)41-4)42-19-29(39)36(33)18-28(38)34-23-11-12-23/h5-10,13-17,23,32H,11-12,18-19H2,1-4H3,(H,34,38)/t32-/m1/s1. The average Bonchev–Trinajstić information content (AvgIpc) is 3.75. The van der Waals surface area contributed by atoms with Crippen LogP contribution in [0.15, 0.2) is 66.7 Å². The van der Waals surface area contributed by atoms with Gasteiger partial charge < -0.3 is 14.8 Å². The number of hydrogen-bond acceptors (Lipinski definition) is 6. The van der Waals surface area contributed by atoms with E-state index in [-0.39, 0.29) is 35.4 Å². The van der Waals surface area contributed by atoms with Crippen LogP contribution in [0.5, 0.6) is 11.5 Å². The van der Waals surface area contributed by atoms with Gasteiger partial charge in [-0.25, -0.2) is 4.68 Å². The fraction of sp³-hybridized carbons (Fsp3) is 0.303. The Bertz CT molecular complexity index is 1650. The smallest absolute Gasteiger partial charge is 0.240 e. The van der Waals surface area contributed by atoms with Crippen LogP contribution in [0.4, 0.5) is 5.82 Å². The first-order valence-corrected chi connectivity index (χ1v) is 15.1. The first-order chi connectivity index (χ1) is 20.4. The van der Waals surface area contributed by atoms with Gasteiger partial charge >= 0.3 is 0 Å². The van der Waals surface area contributed by atoms with E-state index >= 15 is 0 Å². The molecule has 9 heteroatoms. The first kappa shape index (κ1) is 27.9. The summed E-state index contributed by atoms with van der Waals surface area (Å²) in [6.45, 7) is 4.00. The monoisotopic (exact) mass is 582 g/mol. The zero-order chi connectivity index (χ0) is 29.4. The summed E-state index contributed by atoms with van der Waals surface area (Å²) in [6.07, 6.45) is 1.94. The van der Waals surface area contributed by atoms with E-state index in [1.165, 1.54) is 11.8 Å².